The highest BCUT2D eigenvalue weighted by Crippen LogP contribution is 2.32. The Labute approximate surface area is 122 Å². The van der Waals surface area contributed by atoms with Crippen LogP contribution in [0.4, 0.5) is 0 Å². The second kappa shape index (κ2) is 6.30. The molecule has 2 aliphatic heterocycles. The number of fused-ring (bicyclic) bond motifs is 1. The van der Waals surface area contributed by atoms with Gasteiger partial charge >= 0.3 is 0 Å². The largest absolute Gasteiger partial charge is 0.454 e. The van der Waals surface area contributed by atoms with Crippen molar-refractivity contribution in [3.05, 3.63) is 23.8 Å². The highest BCUT2D eigenvalue weighted by molar-refractivity contribution is 5.94. The molecular weight excluding hydrogens is 284 g/mol. The van der Waals surface area contributed by atoms with Gasteiger partial charge in [0.05, 0.1) is 6.10 Å². The van der Waals surface area contributed by atoms with Crippen molar-refractivity contribution in [2.24, 2.45) is 5.92 Å². The maximum atomic E-state index is 12.0. The van der Waals surface area contributed by atoms with E-state index in [9.17, 15) is 9.90 Å². The SMILES string of the molecule is Cl.O=C(NCC1CNCC1O)c1ccc2c(c1)OCO2. The number of carbonyl (C=O) groups is 1. The number of ether oxygens (including phenoxy) is 2. The van der Waals surface area contributed by atoms with E-state index in [0.717, 1.165) is 6.54 Å². The topological polar surface area (TPSA) is 79.8 Å². The van der Waals surface area contributed by atoms with E-state index in [1.807, 2.05) is 0 Å². The minimum atomic E-state index is -0.392. The van der Waals surface area contributed by atoms with Gasteiger partial charge in [0.2, 0.25) is 6.79 Å². The van der Waals surface area contributed by atoms with Gasteiger partial charge in [-0.05, 0) is 18.2 Å². The predicted molar refractivity (Wildman–Crippen MR) is 74.5 cm³/mol. The third-order valence-electron chi connectivity index (χ3n) is 3.46. The Morgan fingerprint density at radius 1 is 1.35 bits per heavy atom. The molecule has 2 heterocycles. The lowest BCUT2D eigenvalue weighted by molar-refractivity contribution is 0.0926. The van der Waals surface area contributed by atoms with Crippen LogP contribution in [0.2, 0.25) is 0 Å². The van der Waals surface area contributed by atoms with E-state index in [1.165, 1.54) is 0 Å². The van der Waals surface area contributed by atoms with Crippen LogP contribution in [0.1, 0.15) is 10.4 Å². The van der Waals surface area contributed by atoms with Crippen molar-refractivity contribution in [2.45, 2.75) is 6.10 Å². The molecule has 0 spiro atoms. The molecule has 110 valence electrons. The highest BCUT2D eigenvalue weighted by Gasteiger charge is 2.25. The van der Waals surface area contributed by atoms with Gasteiger partial charge in [0.1, 0.15) is 0 Å². The molecule has 2 unspecified atom stereocenters. The third-order valence-corrected chi connectivity index (χ3v) is 3.46. The lowest BCUT2D eigenvalue weighted by Gasteiger charge is -2.14. The van der Waals surface area contributed by atoms with Crippen molar-refractivity contribution in [3.8, 4) is 11.5 Å². The molecule has 6 nitrogen and oxygen atoms in total. The number of rotatable bonds is 3. The van der Waals surface area contributed by atoms with Crippen LogP contribution in [-0.4, -0.2) is 43.5 Å². The Morgan fingerprint density at radius 3 is 2.90 bits per heavy atom. The number of β-amino-alcohol motifs (C(OH)–C–C–N with tert-alkyl or cyclic N) is 1. The van der Waals surface area contributed by atoms with Gasteiger partial charge in [0, 0.05) is 31.1 Å². The number of nitrogens with one attached hydrogen (secondary N) is 2. The summed E-state index contributed by atoms with van der Waals surface area (Å²) in [7, 11) is 0. The van der Waals surface area contributed by atoms with E-state index in [0.29, 0.717) is 30.2 Å². The van der Waals surface area contributed by atoms with Gasteiger partial charge in [-0.25, -0.2) is 0 Å². The highest BCUT2D eigenvalue weighted by atomic mass is 35.5. The van der Waals surface area contributed by atoms with Crippen molar-refractivity contribution < 1.29 is 19.4 Å². The van der Waals surface area contributed by atoms with Crippen LogP contribution >= 0.6 is 12.4 Å². The standard InChI is InChI=1S/C13H16N2O4.ClH/c16-10-6-14-4-9(10)5-15-13(17)8-1-2-11-12(3-8)19-7-18-11;/h1-3,9-10,14,16H,4-7H2,(H,15,17);1H. The molecule has 2 aliphatic rings. The summed E-state index contributed by atoms with van der Waals surface area (Å²) in [5.41, 5.74) is 0.532. The van der Waals surface area contributed by atoms with Crippen LogP contribution in [0.3, 0.4) is 0 Å². The monoisotopic (exact) mass is 300 g/mol. The van der Waals surface area contributed by atoms with Crippen LogP contribution in [0.5, 0.6) is 11.5 Å². The summed E-state index contributed by atoms with van der Waals surface area (Å²) in [6.45, 7) is 1.97. The summed E-state index contributed by atoms with van der Waals surface area (Å²) in [6.07, 6.45) is -0.392. The molecule has 1 aromatic rings. The molecule has 2 atom stereocenters. The van der Waals surface area contributed by atoms with Crippen molar-refractivity contribution >= 4 is 18.3 Å². The Morgan fingerprint density at radius 2 is 2.15 bits per heavy atom. The first-order chi connectivity index (χ1) is 9.24. The quantitative estimate of drug-likeness (QED) is 0.740. The first-order valence-electron chi connectivity index (χ1n) is 6.30. The summed E-state index contributed by atoms with van der Waals surface area (Å²) < 4.78 is 10.4. The van der Waals surface area contributed by atoms with E-state index in [-0.39, 0.29) is 31.0 Å². The number of carbonyl (C=O) groups excluding carboxylic acids is 1. The Hall–Kier alpha value is -1.50. The van der Waals surface area contributed by atoms with E-state index in [2.05, 4.69) is 10.6 Å². The lowest BCUT2D eigenvalue weighted by atomic mass is 10.1. The van der Waals surface area contributed by atoms with Gasteiger partial charge < -0.3 is 25.2 Å². The number of benzene rings is 1. The third kappa shape index (κ3) is 2.98. The van der Waals surface area contributed by atoms with Gasteiger partial charge in [-0.3, -0.25) is 4.79 Å². The fraction of sp³-hybridized carbons (Fsp3) is 0.462. The van der Waals surface area contributed by atoms with Crippen LogP contribution in [0, 0.1) is 5.92 Å². The second-order valence-electron chi connectivity index (χ2n) is 4.76. The normalized spacial score (nSPS) is 23.2. The molecule has 1 aromatic carbocycles. The van der Waals surface area contributed by atoms with Crippen LogP contribution < -0.4 is 20.1 Å². The minimum Gasteiger partial charge on any atom is -0.454 e. The molecule has 0 bridgehead atoms. The van der Waals surface area contributed by atoms with Crippen molar-refractivity contribution in [3.63, 3.8) is 0 Å². The van der Waals surface area contributed by atoms with E-state index in [1.54, 1.807) is 18.2 Å². The number of aliphatic hydroxyl groups is 1. The van der Waals surface area contributed by atoms with Crippen molar-refractivity contribution in [1.29, 1.82) is 0 Å². The molecule has 0 aromatic heterocycles. The zero-order valence-corrected chi connectivity index (χ0v) is 11.6. The number of halogens is 1. The van der Waals surface area contributed by atoms with E-state index in [4.69, 9.17) is 9.47 Å². The molecule has 1 amide bonds. The first kappa shape index (κ1) is 14.9. The van der Waals surface area contributed by atoms with Gasteiger partial charge in [0.15, 0.2) is 11.5 Å². The average molecular weight is 301 g/mol. The maximum absolute atomic E-state index is 12.0. The van der Waals surface area contributed by atoms with Crippen LogP contribution in [0.15, 0.2) is 18.2 Å². The fourth-order valence-corrected chi connectivity index (χ4v) is 2.29. The Bertz CT molecular complexity index is 497. The molecule has 20 heavy (non-hydrogen) atoms. The zero-order chi connectivity index (χ0) is 13.2. The van der Waals surface area contributed by atoms with Gasteiger partial charge in [-0.15, -0.1) is 12.4 Å². The molecule has 0 radical (unpaired) electrons. The molecule has 0 aliphatic carbocycles. The lowest BCUT2D eigenvalue weighted by Crippen LogP contribution is -2.34. The zero-order valence-electron chi connectivity index (χ0n) is 10.8. The first-order valence-corrected chi connectivity index (χ1v) is 6.30. The molecule has 1 fully saturated rings. The smallest absolute Gasteiger partial charge is 0.251 e. The molecule has 1 saturated heterocycles. The maximum Gasteiger partial charge on any atom is 0.251 e. The molecular formula is C13H17ClN2O4. The molecule has 3 rings (SSSR count). The van der Waals surface area contributed by atoms with Crippen LogP contribution in [0.25, 0.3) is 0 Å². The Kier molecular flexibility index (Phi) is 4.69. The van der Waals surface area contributed by atoms with E-state index < -0.39 is 6.10 Å². The fourth-order valence-electron chi connectivity index (χ4n) is 2.29. The van der Waals surface area contributed by atoms with Gasteiger partial charge in [-0.1, -0.05) is 0 Å². The summed E-state index contributed by atoms with van der Waals surface area (Å²) in [4.78, 5) is 12.0. The summed E-state index contributed by atoms with van der Waals surface area (Å²) in [5, 5.41) is 15.6. The number of amides is 1. The van der Waals surface area contributed by atoms with Gasteiger partial charge in [0.25, 0.3) is 5.91 Å². The number of hydrogen-bond acceptors (Lipinski definition) is 5. The summed E-state index contributed by atoms with van der Waals surface area (Å²) in [5.74, 6) is 1.15. The van der Waals surface area contributed by atoms with Crippen molar-refractivity contribution in [1.82, 2.24) is 10.6 Å². The number of hydrogen-bond donors (Lipinski definition) is 3. The Balaban J connectivity index is 0.00000147. The second-order valence-corrected chi connectivity index (χ2v) is 4.76. The predicted octanol–water partition coefficient (Wildman–Crippen LogP) is 0.147. The minimum absolute atomic E-state index is 0. The number of aliphatic hydroxyl groups excluding tert-OH is 1. The van der Waals surface area contributed by atoms with E-state index >= 15 is 0 Å². The summed E-state index contributed by atoms with van der Waals surface area (Å²) in [6, 6.07) is 5.09. The van der Waals surface area contributed by atoms with Crippen molar-refractivity contribution in [2.75, 3.05) is 26.4 Å². The van der Waals surface area contributed by atoms with Gasteiger partial charge in [-0.2, -0.15) is 0 Å². The molecule has 0 saturated carbocycles. The van der Waals surface area contributed by atoms with Crippen LogP contribution in [-0.2, 0) is 0 Å². The summed E-state index contributed by atoms with van der Waals surface area (Å²) >= 11 is 0. The average Bonchev–Trinajstić information content (AvgIpc) is 3.03. The molecule has 7 heteroatoms. The molecule has 3 N–H and O–H groups in total.